The normalized spacial score (nSPS) is 11.6. The summed E-state index contributed by atoms with van der Waals surface area (Å²) in [5.41, 5.74) is 3.80. The fraction of sp³-hybridized carbons (Fsp3) is 0.0909. The van der Waals surface area contributed by atoms with Crippen LogP contribution in [0.5, 0.6) is 5.75 Å². The molecule has 170 valence electrons. The highest BCUT2D eigenvalue weighted by Crippen LogP contribution is 2.24. The van der Waals surface area contributed by atoms with E-state index >= 15 is 0 Å². The second kappa shape index (κ2) is 9.49. The van der Waals surface area contributed by atoms with E-state index in [-0.39, 0.29) is 27.6 Å². The first-order valence-corrected chi connectivity index (χ1v) is 11.1. The molecular formula is C22H20N4O6S. The topological polar surface area (TPSA) is 151 Å². The van der Waals surface area contributed by atoms with Crippen molar-refractivity contribution >= 4 is 33.0 Å². The zero-order valence-electron chi connectivity index (χ0n) is 17.6. The lowest BCUT2D eigenvalue weighted by Gasteiger charge is -2.10. The molecule has 0 unspecified atom stereocenters. The fourth-order valence-corrected chi connectivity index (χ4v) is 3.95. The molecule has 0 aliphatic heterocycles. The third-order valence-electron chi connectivity index (χ3n) is 4.72. The Morgan fingerprint density at radius 3 is 2.36 bits per heavy atom. The number of para-hydroxylation sites is 1. The van der Waals surface area contributed by atoms with Gasteiger partial charge in [-0.2, -0.15) is 5.10 Å². The molecule has 3 aromatic carbocycles. The molecule has 3 N–H and O–H groups in total. The van der Waals surface area contributed by atoms with Gasteiger partial charge in [-0.25, -0.2) is 13.8 Å². The third-order valence-corrected chi connectivity index (χ3v) is 6.10. The largest absolute Gasteiger partial charge is 0.507 e. The Balaban J connectivity index is 1.72. The van der Waals surface area contributed by atoms with Crippen LogP contribution in [0.4, 0.5) is 11.4 Å². The lowest BCUT2D eigenvalue weighted by molar-refractivity contribution is -0.385. The average molecular weight is 468 g/mol. The van der Waals surface area contributed by atoms with Crippen LogP contribution in [0.15, 0.2) is 76.7 Å². The van der Waals surface area contributed by atoms with Crippen LogP contribution in [0.3, 0.4) is 0 Å². The lowest BCUT2D eigenvalue weighted by atomic mass is 10.1. The van der Waals surface area contributed by atoms with Crippen LogP contribution < -0.4 is 10.1 Å². The predicted octanol–water partition coefficient (Wildman–Crippen LogP) is 3.56. The molecule has 0 fully saturated rings. The predicted molar refractivity (Wildman–Crippen MR) is 123 cm³/mol. The van der Waals surface area contributed by atoms with Crippen LogP contribution in [0.2, 0.25) is 0 Å². The average Bonchev–Trinajstić information content (AvgIpc) is 2.77. The summed E-state index contributed by atoms with van der Waals surface area (Å²) in [6, 6.07) is 15.9. The maximum atomic E-state index is 12.6. The molecule has 0 aliphatic carbocycles. The molecule has 0 saturated heterocycles. The summed E-state index contributed by atoms with van der Waals surface area (Å²) in [5.74, 6) is -0.748. The quantitative estimate of drug-likeness (QED) is 0.274. The first-order valence-electron chi connectivity index (χ1n) is 9.59. The van der Waals surface area contributed by atoms with Crippen molar-refractivity contribution in [2.24, 2.45) is 5.10 Å². The van der Waals surface area contributed by atoms with Crippen LogP contribution in [0.25, 0.3) is 0 Å². The van der Waals surface area contributed by atoms with E-state index in [2.05, 4.69) is 15.2 Å². The van der Waals surface area contributed by atoms with Gasteiger partial charge in [0.25, 0.3) is 21.6 Å². The van der Waals surface area contributed by atoms with Gasteiger partial charge < -0.3 is 5.11 Å². The van der Waals surface area contributed by atoms with Gasteiger partial charge in [0.1, 0.15) is 5.75 Å². The van der Waals surface area contributed by atoms with Gasteiger partial charge in [-0.3, -0.25) is 19.6 Å². The number of carbonyl (C=O) groups excluding carboxylic acids is 1. The number of nitrogens with zero attached hydrogens (tertiary/aromatic N) is 2. The van der Waals surface area contributed by atoms with Crippen molar-refractivity contribution in [3.8, 4) is 5.75 Å². The molecule has 0 atom stereocenters. The number of amides is 1. The molecule has 10 nitrogen and oxygen atoms in total. The highest BCUT2D eigenvalue weighted by atomic mass is 32.2. The van der Waals surface area contributed by atoms with Gasteiger partial charge >= 0.3 is 0 Å². The van der Waals surface area contributed by atoms with Crippen molar-refractivity contribution in [3.05, 3.63) is 93.5 Å². The first kappa shape index (κ1) is 23.4. The summed E-state index contributed by atoms with van der Waals surface area (Å²) in [5, 5.41) is 24.8. The molecule has 11 heteroatoms. The second-order valence-corrected chi connectivity index (χ2v) is 8.73. The minimum atomic E-state index is -4.04. The highest BCUT2D eigenvalue weighted by Gasteiger charge is 2.20. The highest BCUT2D eigenvalue weighted by molar-refractivity contribution is 7.92. The molecule has 3 aromatic rings. The Morgan fingerprint density at radius 2 is 1.73 bits per heavy atom. The van der Waals surface area contributed by atoms with Gasteiger partial charge in [0.05, 0.1) is 21.1 Å². The molecule has 0 aromatic heterocycles. The summed E-state index contributed by atoms with van der Waals surface area (Å²) in [7, 11) is -4.04. The molecule has 0 bridgehead atoms. The Bertz CT molecular complexity index is 1350. The molecule has 0 spiro atoms. The zero-order chi connectivity index (χ0) is 24.2. The smallest absolute Gasteiger partial charge is 0.275 e. The van der Waals surface area contributed by atoms with E-state index in [1.165, 1.54) is 43.3 Å². The van der Waals surface area contributed by atoms with Crippen molar-refractivity contribution in [2.45, 2.75) is 18.7 Å². The number of nitro benzene ring substituents is 1. The zero-order valence-corrected chi connectivity index (χ0v) is 18.5. The molecule has 0 radical (unpaired) electrons. The molecular weight excluding hydrogens is 448 g/mol. The van der Waals surface area contributed by atoms with E-state index in [0.717, 1.165) is 6.07 Å². The number of hydrogen-bond acceptors (Lipinski definition) is 7. The van der Waals surface area contributed by atoms with Crippen LogP contribution in [-0.2, 0) is 10.0 Å². The van der Waals surface area contributed by atoms with Crippen LogP contribution in [-0.4, -0.2) is 30.1 Å². The maximum Gasteiger partial charge on any atom is 0.275 e. The van der Waals surface area contributed by atoms with E-state index in [0.29, 0.717) is 16.8 Å². The maximum absolute atomic E-state index is 12.6. The second-order valence-electron chi connectivity index (χ2n) is 7.04. The minimum absolute atomic E-state index is 0.0788. The summed E-state index contributed by atoms with van der Waals surface area (Å²) >= 11 is 0. The van der Waals surface area contributed by atoms with E-state index in [1.54, 1.807) is 31.2 Å². The number of aromatic hydroxyl groups is 1. The van der Waals surface area contributed by atoms with E-state index in [1.807, 2.05) is 0 Å². The number of anilines is 1. The number of rotatable bonds is 7. The SMILES string of the molecule is CC(=NNC(=O)c1ccccc1O)c1ccc(NS(=O)(=O)c2ccc(C)c([N+](=O)[O-])c2)cc1. The molecule has 0 aliphatic rings. The number of aryl methyl sites for hydroxylation is 1. The van der Waals surface area contributed by atoms with Crippen molar-refractivity contribution in [1.29, 1.82) is 0 Å². The number of hydrogen-bond donors (Lipinski definition) is 3. The van der Waals surface area contributed by atoms with Gasteiger partial charge in [0.15, 0.2) is 0 Å². The number of sulfonamides is 1. The molecule has 3 rings (SSSR count). The number of benzene rings is 3. The van der Waals surface area contributed by atoms with E-state index in [9.17, 15) is 28.4 Å². The van der Waals surface area contributed by atoms with Gasteiger partial charge in [-0.15, -0.1) is 0 Å². The Morgan fingerprint density at radius 1 is 1.06 bits per heavy atom. The number of phenols is 1. The molecule has 0 heterocycles. The van der Waals surface area contributed by atoms with Crippen LogP contribution in [0.1, 0.15) is 28.4 Å². The van der Waals surface area contributed by atoms with Crippen molar-refractivity contribution < 1.29 is 23.2 Å². The van der Waals surface area contributed by atoms with Gasteiger partial charge in [-0.05, 0) is 49.7 Å². The Kier molecular flexibility index (Phi) is 6.73. The number of nitro groups is 1. The molecule has 0 saturated carbocycles. The van der Waals surface area contributed by atoms with Crippen molar-refractivity contribution in [1.82, 2.24) is 5.43 Å². The molecule has 1 amide bonds. The summed E-state index contributed by atoms with van der Waals surface area (Å²) in [4.78, 5) is 22.4. The number of phenolic OH excluding ortho intramolecular Hbond substituents is 1. The van der Waals surface area contributed by atoms with Crippen molar-refractivity contribution in [2.75, 3.05) is 4.72 Å². The lowest BCUT2D eigenvalue weighted by Crippen LogP contribution is -2.19. The van der Waals surface area contributed by atoms with Gasteiger partial charge in [0.2, 0.25) is 0 Å². The van der Waals surface area contributed by atoms with Gasteiger partial charge in [0, 0.05) is 17.3 Å². The minimum Gasteiger partial charge on any atom is -0.507 e. The standard InChI is InChI=1S/C22H20N4O6S/c1-14-7-12-18(13-20(14)26(29)30)33(31,32)25-17-10-8-16(9-11-17)15(2)23-24-22(28)19-5-3-4-6-21(19)27/h3-13,25,27H,1-2H3,(H,24,28). The van der Waals surface area contributed by atoms with Crippen LogP contribution >= 0.6 is 0 Å². The number of carbonyl (C=O) groups is 1. The summed E-state index contributed by atoms with van der Waals surface area (Å²) in [6.45, 7) is 3.17. The van der Waals surface area contributed by atoms with E-state index in [4.69, 9.17) is 0 Å². The summed E-state index contributed by atoms with van der Waals surface area (Å²) < 4.78 is 27.6. The Labute approximate surface area is 189 Å². The summed E-state index contributed by atoms with van der Waals surface area (Å²) in [6.07, 6.45) is 0. The van der Waals surface area contributed by atoms with Crippen molar-refractivity contribution in [3.63, 3.8) is 0 Å². The van der Waals surface area contributed by atoms with Crippen LogP contribution in [0, 0.1) is 17.0 Å². The third kappa shape index (κ3) is 5.52. The van der Waals surface area contributed by atoms with Gasteiger partial charge in [-0.1, -0.05) is 30.3 Å². The van der Waals surface area contributed by atoms with E-state index < -0.39 is 20.9 Å². The number of nitrogens with one attached hydrogen (secondary N) is 2. The monoisotopic (exact) mass is 468 g/mol. The number of hydrazone groups is 1. The fourth-order valence-electron chi connectivity index (χ4n) is 2.87. The Hall–Kier alpha value is -4.25. The molecule has 33 heavy (non-hydrogen) atoms. The first-order chi connectivity index (χ1) is 15.6.